The number of likely N-dealkylation sites (N-methyl/N-ethyl adjacent to an activating group) is 1. The largest absolute Gasteiger partial charge is 0.481 e. The maximum absolute atomic E-state index is 12.4. The number of carbonyl (C=O) groups excluding carboxylic acids is 1. The third-order valence-corrected chi connectivity index (χ3v) is 4.53. The monoisotopic (exact) mass is 329 g/mol. The number of rotatable bonds is 5. The predicted molar refractivity (Wildman–Crippen MR) is 86.2 cm³/mol. The highest BCUT2D eigenvalue weighted by Gasteiger charge is 2.24. The highest BCUT2D eigenvalue weighted by atomic mass is 35.5. The van der Waals surface area contributed by atoms with Gasteiger partial charge in [0.1, 0.15) is 0 Å². The lowest BCUT2D eigenvalue weighted by molar-refractivity contribution is -0.136. The van der Waals surface area contributed by atoms with Crippen LogP contribution in [0.2, 0.25) is 10.0 Å². The van der Waals surface area contributed by atoms with Crippen molar-refractivity contribution in [3.05, 3.63) is 28.2 Å². The quantitative estimate of drug-likeness (QED) is 0.792. The van der Waals surface area contributed by atoms with E-state index in [9.17, 15) is 4.79 Å². The van der Waals surface area contributed by atoms with E-state index >= 15 is 0 Å². The zero-order valence-corrected chi connectivity index (χ0v) is 13.8. The normalized spacial score (nSPS) is 15.8. The number of ether oxygens (including phenoxy) is 1. The number of para-hydroxylation sites is 1. The molecule has 1 aliphatic rings. The molecule has 0 aliphatic heterocycles. The first kappa shape index (κ1) is 16.4. The predicted octanol–water partition coefficient (Wildman–Crippen LogP) is 4.55. The summed E-state index contributed by atoms with van der Waals surface area (Å²) in [6, 6.07) is 5.50. The van der Waals surface area contributed by atoms with Crippen LogP contribution < -0.4 is 4.74 Å². The first-order valence-corrected chi connectivity index (χ1v) is 8.25. The summed E-state index contributed by atoms with van der Waals surface area (Å²) >= 11 is 12.1. The van der Waals surface area contributed by atoms with E-state index in [1.54, 1.807) is 18.2 Å². The van der Waals surface area contributed by atoms with E-state index in [0.717, 1.165) is 12.8 Å². The van der Waals surface area contributed by atoms with E-state index < -0.39 is 0 Å². The molecule has 116 valence electrons. The van der Waals surface area contributed by atoms with E-state index in [4.69, 9.17) is 27.9 Å². The molecule has 0 atom stereocenters. The smallest absolute Gasteiger partial charge is 0.260 e. The van der Waals surface area contributed by atoms with Crippen molar-refractivity contribution in [3.8, 4) is 5.75 Å². The van der Waals surface area contributed by atoms with Gasteiger partial charge in [-0.1, -0.05) is 48.5 Å². The van der Waals surface area contributed by atoms with Crippen molar-refractivity contribution in [3.63, 3.8) is 0 Å². The molecule has 0 radical (unpaired) electrons. The Kier molecular flexibility index (Phi) is 6.19. The number of benzene rings is 1. The van der Waals surface area contributed by atoms with Gasteiger partial charge < -0.3 is 9.64 Å². The zero-order chi connectivity index (χ0) is 15.2. The Hall–Kier alpha value is -0.930. The molecule has 3 nitrogen and oxygen atoms in total. The van der Waals surface area contributed by atoms with Crippen LogP contribution in [-0.4, -0.2) is 30.0 Å². The molecule has 2 rings (SSSR count). The lowest BCUT2D eigenvalue weighted by Crippen LogP contribution is -2.43. The fourth-order valence-electron chi connectivity index (χ4n) is 2.87. The van der Waals surface area contributed by atoms with Gasteiger partial charge in [0, 0.05) is 12.6 Å². The number of amides is 1. The molecule has 0 N–H and O–H groups in total. The van der Waals surface area contributed by atoms with Crippen LogP contribution in [0.3, 0.4) is 0 Å². The molecule has 0 spiro atoms. The molecule has 0 saturated heterocycles. The minimum atomic E-state index is -0.0200. The Labute approximate surface area is 136 Å². The molecule has 1 aliphatic carbocycles. The van der Waals surface area contributed by atoms with Gasteiger partial charge in [0.15, 0.2) is 12.4 Å². The highest BCUT2D eigenvalue weighted by molar-refractivity contribution is 6.37. The molecular formula is C16H21Cl2NO2. The Morgan fingerprint density at radius 2 is 1.86 bits per heavy atom. The van der Waals surface area contributed by atoms with Crippen molar-refractivity contribution < 1.29 is 9.53 Å². The van der Waals surface area contributed by atoms with Crippen LogP contribution >= 0.6 is 23.2 Å². The fraction of sp³-hybridized carbons (Fsp3) is 0.562. The van der Waals surface area contributed by atoms with Gasteiger partial charge in [0.05, 0.1) is 10.0 Å². The third kappa shape index (κ3) is 4.27. The van der Waals surface area contributed by atoms with E-state index in [0.29, 0.717) is 28.4 Å². The fourth-order valence-corrected chi connectivity index (χ4v) is 3.37. The SMILES string of the molecule is CCN(C(=O)COc1c(Cl)cccc1Cl)C1CCCCC1. The van der Waals surface area contributed by atoms with Gasteiger partial charge in [-0.25, -0.2) is 0 Å². The van der Waals surface area contributed by atoms with Crippen LogP contribution in [0.1, 0.15) is 39.0 Å². The summed E-state index contributed by atoms with van der Waals surface area (Å²) in [6.45, 7) is 2.70. The maximum atomic E-state index is 12.4. The molecule has 0 unspecified atom stereocenters. The molecule has 5 heteroatoms. The van der Waals surface area contributed by atoms with Crippen molar-refractivity contribution in [1.29, 1.82) is 0 Å². The summed E-state index contributed by atoms with van der Waals surface area (Å²) in [5, 5.41) is 0.854. The number of hydrogen-bond acceptors (Lipinski definition) is 2. The van der Waals surface area contributed by atoms with Crippen LogP contribution in [0.15, 0.2) is 18.2 Å². The number of halogens is 2. The molecule has 1 aromatic rings. The van der Waals surface area contributed by atoms with Crippen molar-refractivity contribution in [1.82, 2.24) is 4.90 Å². The summed E-state index contributed by atoms with van der Waals surface area (Å²) < 4.78 is 5.55. The molecule has 21 heavy (non-hydrogen) atoms. The third-order valence-electron chi connectivity index (χ3n) is 3.94. The molecule has 0 aromatic heterocycles. The van der Waals surface area contributed by atoms with E-state index in [-0.39, 0.29) is 12.5 Å². The zero-order valence-electron chi connectivity index (χ0n) is 12.3. The van der Waals surface area contributed by atoms with Gasteiger partial charge in [-0.2, -0.15) is 0 Å². The molecule has 1 fully saturated rings. The lowest BCUT2D eigenvalue weighted by Gasteiger charge is -2.33. The van der Waals surface area contributed by atoms with Crippen molar-refractivity contribution >= 4 is 29.1 Å². The molecule has 1 amide bonds. The molecular weight excluding hydrogens is 309 g/mol. The van der Waals surface area contributed by atoms with E-state index in [1.165, 1.54) is 19.3 Å². The summed E-state index contributed by atoms with van der Waals surface area (Å²) in [5.74, 6) is 0.384. The average molecular weight is 330 g/mol. The van der Waals surface area contributed by atoms with Gasteiger partial charge in [0.25, 0.3) is 5.91 Å². The maximum Gasteiger partial charge on any atom is 0.260 e. The van der Waals surface area contributed by atoms with Crippen LogP contribution in [-0.2, 0) is 4.79 Å². The summed E-state index contributed by atoms with van der Waals surface area (Å²) in [7, 11) is 0. The second-order valence-electron chi connectivity index (χ2n) is 5.31. The van der Waals surface area contributed by atoms with E-state index in [1.807, 2.05) is 11.8 Å². The van der Waals surface area contributed by atoms with Gasteiger partial charge in [0.2, 0.25) is 0 Å². The average Bonchev–Trinajstić information content (AvgIpc) is 2.48. The van der Waals surface area contributed by atoms with Gasteiger partial charge in [-0.15, -0.1) is 0 Å². The number of carbonyl (C=O) groups is 1. The Morgan fingerprint density at radius 3 is 2.43 bits per heavy atom. The topological polar surface area (TPSA) is 29.5 Å². The molecule has 1 aromatic carbocycles. The van der Waals surface area contributed by atoms with Crippen molar-refractivity contribution in [2.75, 3.05) is 13.2 Å². The van der Waals surface area contributed by atoms with Crippen LogP contribution in [0.5, 0.6) is 5.75 Å². The summed E-state index contributed by atoms with van der Waals surface area (Å²) in [4.78, 5) is 14.3. The first-order valence-electron chi connectivity index (χ1n) is 7.49. The Morgan fingerprint density at radius 1 is 1.24 bits per heavy atom. The summed E-state index contributed by atoms with van der Waals surface area (Å²) in [5.41, 5.74) is 0. The Bertz CT molecular complexity index is 467. The number of hydrogen-bond donors (Lipinski definition) is 0. The second-order valence-corrected chi connectivity index (χ2v) is 6.13. The molecule has 0 bridgehead atoms. The standard InChI is InChI=1S/C16H21Cl2NO2/c1-2-19(12-7-4-3-5-8-12)15(20)11-21-16-13(17)9-6-10-14(16)18/h6,9-10,12H,2-5,7-8,11H2,1H3. The van der Waals surface area contributed by atoms with Crippen LogP contribution in [0.4, 0.5) is 0 Å². The minimum Gasteiger partial charge on any atom is -0.481 e. The lowest BCUT2D eigenvalue weighted by atomic mass is 9.94. The van der Waals surface area contributed by atoms with Crippen LogP contribution in [0.25, 0.3) is 0 Å². The van der Waals surface area contributed by atoms with Gasteiger partial charge in [-0.3, -0.25) is 4.79 Å². The second kappa shape index (κ2) is 7.90. The van der Waals surface area contributed by atoms with Gasteiger partial charge in [-0.05, 0) is 31.9 Å². The van der Waals surface area contributed by atoms with Crippen molar-refractivity contribution in [2.24, 2.45) is 0 Å². The molecule has 0 heterocycles. The Balaban J connectivity index is 1.96. The summed E-state index contributed by atoms with van der Waals surface area (Å²) in [6.07, 6.45) is 5.85. The van der Waals surface area contributed by atoms with Gasteiger partial charge >= 0.3 is 0 Å². The first-order chi connectivity index (χ1) is 10.1. The molecule has 1 saturated carbocycles. The van der Waals surface area contributed by atoms with Crippen LogP contribution in [0, 0.1) is 0 Å². The van der Waals surface area contributed by atoms with Crippen molar-refractivity contribution in [2.45, 2.75) is 45.1 Å². The highest BCUT2D eigenvalue weighted by Crippen LogP contribution is 2.32. The number of nitrogens with zero attached hydrogens (tertiary/aromatic N) is 1. The minimum absolute atomic E-state index is 0.000358. The van der Waals surface area contributed by atoms with E-state index in [2.05, 4.69) is 0 Å².